The number of cyclic esters (lactones) is 1. The summed E-state index contributed by atoms with van der Waals surface area (Å²) in [5.74, 6) is -8.66. The van der Waals surface area contributed by atoms with Crippen molar-refractivity contribution in [3.63, 3.8) is 0 Å². The molecule has 0 radical (unpaired) electrons. The fourth-order valence-corrected chi connectivity index (χ4v) is 10.6. The molecule has 2 aliphatic heterocycles. The second-order valence-electron chi connectivity index (χ2n) is 23.5. The minimum absolute atomic E-state index is 0.115. The van der Waals surface area contributed by atoms with Gasteiger partial charge in [-0.15, -0.1) is 0 Å². The average molecular weight is 1160 g/mol. The SMILES string of the molecule is CN=C(N)NCCC/C=C/CCC[C@H](C)C[C@@H](C)[C@H]1OC(=O)[C@H](C)[C@H](O)/C=C/[C@H](C)[C@H](O)C[C@H](O)[C@H](C)[C@@H](O)CC[C@H](C)[C@H](O)C[C@@]2(OC)O[C@@H](C[C@@H](OC(=O)CC(=O)O)C[C@H](O)C[C@@H](O)[C@H](C)[C@H](O)/C=C\C=C/[C@H]1C)C[C@H](O)[C@H]2O. The number of carboxylic acid groups (broad SMARTS) is 1. The number of allylic oxidation sites excluding steroid dienone is 4. The molecule has 0 amide bonds. The highest BCUT2D eigenvalue weighted by Gasteiger charge is 2.52. The van der Waals surface area contributed by atoms with Gasteiger partial charge in [-0.1, -0.05) is 103 Å². The summed E-state index contributed by atoms with van der Waals surface area (Å²) in [6.07, 6.45) is 1.39. The topological polar surface area (TPSA) is 361 Å². The summed E-state index contributed by atoms with van der Waals surface area (Å²) in [5, 5.41) is 125. The molecule has 0 aromatic rings. The van der Waals surface area contributed by atoms with E-state index < -0.39 is 139 Å². The van der Waals surface area contributed by atoms with Crippen molar-refractivity contribution in [1.29, 1.82) is 0 Å². The summed E-state index contributed by atoms with van der Waals surface area (Å²) in [4.78, 5) is 41.9. The number of nitrogens with zero attached hydrogens (tertiary/aromatic N) is 1. The molecule has 0 unspecified atom stereocenters. The first-order valence-corrected chi connectivity index (χ1v) is 29.4. The highest BCUT2D eigenvalue weighted by atomic mass is 16.7. The highest BCUT2D eigenvalue weighted by Crippen LogP contribution is 2.38. The molecule has 2 heterocycles. The molecule has 2 aliphatic rings. The molecule has 22 atom stereocenters. The molecule has 0 aliphatic carbocycles. The maximum absolute atomic E-state index is 13.9. The molecule has 81 heavy (non-hydrogen) atoms. The number of fused-ring (bicyclic) bond motifs is 2. The first kappa shape index (κ1) is 73.3. The molecular formula is C60H105N3O18. The van der Waals surface area contributed by atoms with E-state index in [1.54, 1.807) is 59.9 Å². The summed E-state index contributed by atoms with van der Waals surface area (Å²) in [5.41, 5.74) is 5.69. The van der Waals surface area contributed by atoms with E-state index in [9.17, 15) is 70.6 Å². The molecule has 2 rings (SSSR count). The molecule has 0 aromatic carbocycles. The van der Waals surface area contributed by atoms with Crippen LogP contribution >= 0.6 is 0 Å². The van der Waals surface area contributed by atoms with E-state index in [1.807, 2.05) is 19.9 Å². The third-order valence-corrected chi connectivity index (χ3v) is 16.5. The predicted octanol–water partition coefficient (Wildman–Crippen LogP) is 3.96. The molecular weight excluding hydrogens is 1050 g/mol. The summed E-state index contributed by atoms with van der Waals surface area (Å²) >= 11 is 0. The zero-order valence-electron chi connectivity index (χ0n) is 49.9. The lowest BCUT2D eigenvalue weighted by Crippen LogP contribution is -2.61. The molecule has 1 saturated heterocycles. The van der Waals surface area contributed by atoms with Gasteiger partial charge in [0, 0.05) is 76.5 Å². The van der Waals surface area contributed by atoms with E-state index in [2.05, 4.69) is 29.4 Å². The van der Waals surface area contributed by atoms with Crippen molar-refractivity contribution in [2.45, 2.75) is 237 Å². The Kier molecular flexibility index (Phi) is 33.9. The molecule has 0 saturated carbocycles. The number of esters is 2. The lowest BCUT2D eigenvalue weighted by Gasteiger charge is -2.47. The number of aliphatic imine (C=N–C) groups is 1. The Morgan fingerprint density at radius 3 is 2.05 bits per heavy atom. The van der Waals surface area contributed by atoms with Gasteiger partial charge in [-0.05, 0) is 76.0 Å². The van der Waals surface area contributed by atoms with Crippen molar-refractivity contribution >= 4 is 23.9 Å². The van der Waals surface area contributed by atoms with Crippen LogP contribution in [0.3, 0.4) is 0 Å². The van der Waals surface area contributed by atoms with Crippen LogP contribution in [0.2, 0.25) is 0 Å². The Morgan fingerprint density at radius 1 is 0.765 bits per heavy atom. The largest absolute Gasteiger partial charge is 0.481 e. The molecule has 0 spiro atoms. The normalized spacial score (nSPS) is 38.6. The molecule has 21 nitrogen and oxygen atoms in total. The summed E-state index contributed by atoms with van der Waals surface area (Å²) in [6, 6.07) is 0. The monoisotopic (exact) mass is 1160 g/mol. The van der Waals surface area contributed by atoms with Crippen LogP contribution in [0.15, 0.2) is 53.6 Å². The number of aliphatic hydroxyl groups excluding tert-OH is 10. The third-order valence-electron chi connectivity index (χ3n) is 16.5. The van der Waals surface area contributed by atoms with Crippen LogP contribution < -0.4 is 11.1 Å². The zero-order chi connectivity index (χ0) is 61.1. The fourth-order valence-electron chi connectivity index (χ4n) is 10.6. The van der Waals surface area contributed by atoms with Gasteiger partial charge in [-0.3, -0.25) is 19.4 Å². The number of aliphatic hydroxyl groups is 10. The van der Waals surface area contributed by atoms with Gasteiger partial charge in [0.15, 0.2) is 11.7 Å². The van der Waals surface area contributed by atoms with Crippen molar-refractivity contribution in [3.05, 3.63) is 48.6 Å². The van der Waals surface area contributed by atoms with E-state index in [1.165, 1.54) is 19.3 Å². The number of guanidine groups is 1. The highest BCUT2D eigenvalue weighted by molar-refractivity contribution is 5.90. The molecule has 468 valence electrons. The molecule has 0 aromatic heterocycles. The quantitative estimate of drug-likeness (QED) is 0.0276. The van der Waals surface area contributed by atoms with Crippen LogP contribution in [0.1, 0.15) is 152 Å². The Morgan fingerprint density at radius 2 is 1.41 bits per heavy atom. The number of hydrogen-bond acceptors (Lipinski definition) is 18. The van der Waals surface area contributed by atoms with Crippen LogP contribution in [0.5, 0.6) is 0 Å². The van der Waals surface area contributed by atoms with Crippen LogP contribution in [0, 0.1) is 47.3 Å². The van der Waals surface area contributed by atoms with Crippen LogP contribution in [-0.2, 0) is 33.3 Å². The van der Waals surface area contributed by atoms with Crippen molar-refractivity contribution in [1.82, 2.24) is 5.32 Å². The minimum atomic E-state index is -2.00. The van der Waals surface area contributed by atoms with Gasteiger partial charge in [0.05, 0.1) is 67.0 Å². The minimum Gasteiger partial charge on any atom is -0.481 e. The summed E-state index contributed by atoms with van der Waals surface area (Å²) in [7, 11) is 2.85. The number of carbonyl (C=O) groups excluding carboxylic acids is 2. The smallest absolute Gasteiger partial charge is 0.317 e. The van der Waals surface area contributed by atoms with Crippen molar-refractivity contribution in [2.24, 2.45) is 58.1 Å². The van der Waals surface area contributed by atoms with Crippen molar-refractivity contribution in [2.75, 3.05) is 20.7 Å². The number of nitrogens with one attached hydrogen (secondary N) is 1. The van der Waals surface area contributed by atoms with Gasteiger partial charge in [0.1, 0.15) is 24.7 Å². The number of carboxylic acids is 1. The maximum atomic E-state index is 13.9. The first-order chi connectivity index (χ1) is 38.0. The Bertz CT molecular complexity index is 1970. The molecule has 21 heteroatoms. The van der Waals surface area contributed by atoms with Gasteiger partial charge in [-0.25, -0.2) is 0 Å². The number of hydrogen-bond donors (Lipinski definition) is 13. The Labute approximate surface area is 481 Å². The van der Waals surface area contributed by atoms with Crippen LogP contribution in [-0.4, -0.2) is 186 Å². The number of methoxy groups -OCH3 is 1. The van der Waals surface area contributed by atoms with Crippen LogP contribution in [0.25, 0.3) is 0 Å². The number of aliphatic carboxylic acids is 1. The Hall–Kier alpha value is -3.84. The fraction of sp³-hybridized carbons (Fsp3) is 0.800. The van der Waals surface area contributed by atoms with Gasteiger partial charge in [0.2, 0.25) is 0 Å². The third kappa shape index (κ3) is 26.3. The van der Waals surface area contributed by atoms with E-state index in [0.717, 1.165) is 45.1 Å². The van der Waals surface area contributed by atoms with Gasteiger partial charge >= 0.3 is 17.9 Å². The van der Waals surface area contributed by atoms with Crippen molar-refractivity contribution in [3.8, 4) is 0 Å². The van der Waals surface area contributed by atoms with Crippen LogP contribution in [0.4, 0.5) is 0 Å². The number of unbranched alkanes of at least 4 members (excludes halogenated alkanes) is 2. The lowest BCUT2D eigenvalue weighted by atomic mass is 9.83. The standard InChI is InChI=1S/C60H105N3O18/c1-35(19-15-13-11-12-14-18-26-63-59(61)62-9)27-39(5)56-38(4)20-16-17-21-46(65)40(6)50(69)29-43(64)28-44(79-55(75)33-54(73)74)30-45-31-52(71)57(76)60(78-10,81-45)34-53(72)37(3)23-24-47(66)41(7)51(70)32-49(68)36(2)22-25-48(67)42(8)58(77)80-56/h11-12,16-17,20-22,25,35-53,56-57,64-72,76H,13-15,18-19,23-24,26-34H2,1-10H3,(H,73,74)(H3,61,62,63)/b12-11+,20-16-,21-17-,25-22+/t35-,36-,37-,38+,39+,40+,41+,42+,43-,44-,45-,46+,47-,48+,49+,50+,51-,52-,53+,56-,57+,60+/m0/s1. The maximum Gasteiger partial charge on any atom is 0.317 e. The number of carbonyl (C=O) groups is 3. The second-order valence-corrected chi connectivity index (χ2v) is 23.5. The summed E-state index contributed by atoms with van der Waals surface area (Å²) < 4.78 is 23.7. The van der Waals surface area contributed by atoms with Crippen molar-refractivity contribution < 1.29 is 89.5 Å². The van der Waals surface area contributed by atoms with E-state index >= 15 is 0 Å². The summed E-state index contributed by atoms with van der Waals surface area (Å²) in [6.45, 7) is 15.0. The molecule has 14 N–H and O–H groups in total. The van der Waals surface area contributed by atoms with E-state index in [4.69, 9.17) is 24.7 Å². The first-order valence-electron chi connectivity index (χ1n) is 29.4. The average Bonchev–Trinajstić information content (AvgIpc) is 3.42. The van der Waals surface area contributed by atoms with Gasteiger partial charge < -0.3 is 86.2 Å². The van der Waals surface area contributed by atoms with Gasteiger partial charge in [0.25, 0.3) is 0 Å². The lowest BCUT2D eigenvalue weighted by molar-refractivity contribution is -0.343. The number of ether oxygens (including phenoxy) is 4. The zero-order valence-corrected chi connectivity index (χ0v) is 49.9. The Balaban J connectivity index is 2.46. The van der Waals surface area contributed by atoms with E-state index in [0.29, 0.717) is 5.96 Å². The number of nitrogens with two attached hydrogens (primary N) is 1. The molecule has 1 fully saturated rings. The second kappa shape index (κ2) is 37.5. The van der Waals surface area contributed by atoms with Gasteiger partial charge in [-0.2, -0.15) is 0 Å². The molecule has 2 bridgehead atoms. The van der Waals surface area contributed by atoms with E-state index in [-0.39, 0.29) is 69.1 Å². The predicted molar refractivity (Wildman–Crippen MR) is 307 cm³/mol. The number of rotatable bonds is 15.